The SMILES string of the molecule is CNC(Cc1c(C)cccc1C)C1CN2CCN1CC2. The second-order valence-electron chi connectivity index (χ2n) is 6.37. The third-order valence-corrected chi connectivity index (χ3v) is 5.22. The lowest BCUT2D eigenvalue weighted by atomic mass is 9.90. The molecule has 3 aliphatic rings. The van der Waals surface area contributed by atoms with Crippen molar-refractivity contribution in [3.05, 3.63) is 34.9 Å². The van der Waals surface area contributed by atoms with E-state index in [1.807, 2.05) is 0 Å². The number of fused-ring (bicyclic) bond motifs is 3. The van der Waals surface area contributed by atoms with E-state index in [0.717, 1.165) is 6.42 Å². The summed E-state index contributed by atoms with van der Waals surface area (Å²) in [7, 11) is 2.12. The Morgan fingerprint density at radius 2 is 1.80 bits per heavy atom. The summed E-state index contributed by atoms with van der Waals surface area (Å²) in [5, 5.41) is 3.59. The maximum absolute atomic E-state index is 3.59. The number of piperazine rings is 3. The second-order valence-corrected chi connectivity index (χ2v) is 6.37. The number of likely N-dealkylation sites (N-methyl/N-ethyl adjacent to an activating group) is 1. The molecule has 110 valence electrons. The zero-order valence-electron chi connectivity index (χ0n) is 13.0. The van der Waals surface area contributed by atoms with Crippen LogP contribution in [0.15, 0.2) is 18.2 Å². The van der Waals surface area contributed by atoms with E-state index in [0.29, 0.717) is 12.1 Å². The molecule has 3 fully saturated rings. The fourth-order valence-corrected chi connectivity index (χ4v) is 3.86. The van der Waals surface area contributed by atoms with Crippen molar-refractivity contribution in [2.24, 2.45) is 0 Å². The summed E-state index contributed by atoms with van der Waals surface area (Å²) in [6.07, 6.45) is 1.14. The molecule has 3 nitrogen and oxygen atoms in total. The summed E-state index contributed by atoms with van der Waals surface area (Å²) in [4.78, 5) is 5.31. The minimum Gasteiger partial charge on any atom is -0.315 e. The van der Waals surface area contributed by atoms with Gasteiger partial charge in [-0.2, -0.15) is 0 Å². The standard InChI is InChI=1S/C17H27N3/c1-13-5-4-6-14(2)15(13)11-16(18-3)17-12-19-7-9-20(17)10-8-19/h4-6,16-18H,7-12H2,1-3H3. The van der Waals surface area contributed by atoms with Crippen molar-refractivity contribution in [1.82, 2.24) is 15.1 Å². The topological polar surface area (TPSA) is 18.5 Å². The molecule has 2 unspecified atom stereocenters. The van der Waals surface area contributed by atoms with Gasteiger partial charge in [0.1, 0.15) is 0 Å². The van der Waals surface area contributed by atoms with Crippen LogP contribution in [0.2, 0.25) is 0 Å². The molecule has 2 atom stereocenters. The molecule has 3 saturated heterocycles. The average Bonchev–Trinajstić information content (AvgIpc) is 2.48. The Morgan fingerprint density at radius 3 is 2.30 bits per heavy atom. The molecule has 3 heteroatoms. The lowest BCUT2D eigenvalue weighted by Crippen LogP contribution is -2.66. The molecule has 0 aromatic heterocycles. The average molecular weight is 273 g/mol. The first-order valence-electron chi connectivity index (χ1n) is 7.88. The molecular formula is C17H27N3. The number of aryl methyl sites for hydroxylation is 2. The maximum Gasteiger partial charge on any atom is 0.0380 e. The monoisotopic (exact) mass is 273 g/mol. The normalized spacial score (nSPS) is 30.4. The first-order chi connectivity index (χ1) is 9.69. The van der Waals surface area contributed by atoms with Crippen LogP contribution in [0.1, 0.15) is 16.7 Å². The Bertz CT molecular complexity index is 443. The zero-order valence-corrected chi connectivity index (χ0v) is 13.0. The molecule has 1 aromatic carbocycles. The van der Waals surface area contributed by atoms with E-state index in [2.05, 4.69) is 54.2 Å². The van der Waals surface area contributed by atoms with Gasteiger partial charge in [-0.3, -0.25) is 9.80 Å². The molecule has 0 aliphatic carbocycles. The van der Waals surface area contributed by atoms with Gasteiger partial charge in [-0.05, 0) is 44.0 Å². The molecule has 2 bridgehead atoms. The van der Waals surface area contributed by atoms with Gasteiger partial charge in [0.05, 0.1) is 0 Å². The Kier molecular flexibility index (Phi) is 4.11. The van der Waals surface area contributed by atoms with Gasteiger partial charge in [-0.1, -0.05) is 18.2 Å². The molecule has 0 amide bonds. The molecule has 20 heavy (non-hydrogen) atoms. The largest absolute Gasteiger partial charge is 0.315 e. The highest BCUT2D eigenvalue weighted by Crippen LogP contribution is 2.22. The predicted molar refractivity (Wildman–Crippen MR) is 84.3 cm³/mol. The van der Waals surface area contributed by atoms with Crippen molar-refractivity contribution in [3.63, 3.8) is 0 Å². The Morgan fingerprint density at radius 1 is 1.15 bits per heavy atom. The summed E-state index contributed by atoms with van der Waals surface area (Å²) >= 11 is 0. The zero-order chi connectivity index (χ0) is 14.1. The number of hydrogen-bond acceptors (Lipinski definition) is 3. The number of rotatable bonds is 4. The van der Waals surface area contributed by atoms with E-state index in [-0.39, 0.29) is 0 Å². The van der Waals surface area contributed by atoms with Gasteiger partial charge in [0, 0.05) is 44.8 Å². The third-order valence-electron chi connectivity index (χ3n) is 5.22. The summed E-state index contributed by atoms with van der Waals surface area (Å²) in [6, 6.07) is 7.87. The van der Waals surface area contributed by atoms with Crippen molar-refractivity contribution in [1.29, 1.82) is 0 Å². The van der Waals surface area contributed by atoms with Crippen LogP contribution < -0.4 is 5.32 Å². The van der Waals surface area contributed by atoms with Crippen LogP contribution in [0, 0.1) is 13.8 Å². The second kappa shape index (κ2) is 5.84. The molecule has 0 spiro atoms. The Hall–Kier alpha value is -0.900. The first kappa shape index (κ1) is 14.1. The number of benzene rings is 1. The van der Waals surface area contributed by atoms with Crippen molar-refractivity contribution in [2.75, 3.05) is 39.8 Å². The summed E-state index contributed by atoms with van der Waals surface area (Å²) in [6.45, 7) is 10.7. The van der Waals surface area contributed by atoms with Crippen LogP contribution in [0.5, 0.6) is 0 Å². The minimum absolute atomic E-state index is 0.554. The molecule has 1 N–H and O–H groups in total. The van der Waals surface area contributed by atoms with Gasteiger partial charge in [0.15, 0.2) is 0 Å². The van der Waals surface area contributed by atoms with Crippen LogP contribution in [-0.2, 0) is 6.42 Å². The smallest absolute Gasteiger partial charge is 0.0380 e. The minimum atomic E-state index is 0.554. The highest BCUT2D eigenvalue weighted by molar-refractivity contribution is 5.34. The van der Waals surface area contributed by atoms with Crippen LogP contribution >= 0.6 is 0 Å². The molecule has 4 rings (SSSR count). The van der Waals surface area contributed by atoms with Gasteiger partial charge in [0.2, 0.25) is 0 Å². The molecule has 0 saturated carbocycles. The highest BCUT2D eigenvalue weighted by Gasteiger charge is 2.36. The van der Waals surface area contributed by atoms with E-state index in [1.165, 1.54) is 49.4 Å². The van der Waals surface area contributed by atoms with Crippen molar-refractivity contribution >= 4 is 0 Å². The van der Waals surface area contributed by atoms with E-state index < -0.39 is 0 Å². The first-order valence-corrected chi connectivity index (χ1v) is 7.88. The lowest BCUT2D eigenvalue weighted by Gasteiger charge is -2.50. The number of nitrogens with zero attached hydrogens (tertiary/aromatic N) is 2. The molecular weight excluding hydrogens is 246 g/mol. The van der Waals surface area contributed by atoms with E-state index in [4.69, 9.17) is 0 Å². The van der Waals surface area contributed by atoms with Gasteiger partial charge < -0.3 is 5.32 Å². The quantitative estimate of drug-likeness (QED) is 0.895. The van der Waals surface area contributed by atoms with Crippen molar-refractivity contribution in [3.8, 4) is 0 Å². The van der Waals surface area contributed by atoms with Gasteiger partial charge in [-0.25, -0.2) is 0 Å². The fourth-order valence-electron chi connectivity index (χ4n) is 3.86. The number of nitrogens with one attached hydrogen (secondary N) is 1. The number of hydrogen-bond donors (Lipinski definition) is 1. The van der Waals surface area contributed by atoms with Crippen LogP contribution in [0.4, 0.5) is 0 Å². The van der Waals surface area contributed by atoms with E-state index >= 15 is 0 Å². The Balaban J connectivity index is 1.77. The van der Waals surface area contributed by atoms with Crippen LogP contribution in [0.25, 0.3) is 0 Å². The van der Waals surface area contributed by atoms with Gasteiger partial charge in [0.25, 0.3) is 0 Å². The summed E-state index contributed by atoms with van der Waals surface area (Å²) in [5.74, 6) is 0. The van der Waals surface area contributed by atoms with Crippen LogP contribution in [-0.4, -0.2) is 61.7 Å². The molecule has 3 aliphatic heterocycles. The van der Waals surface area contributed by atoms with Gasteiger partial charge >= 0.3 is 0 Å². The van der Waals surface area contributed by atoms with Crippen LogP contribution in [0.3, 0.4) is 0 Å². The maximum atomic E-state index is 3.59. The van der Waals surface area contributed by atoms with E-state index in [1.54, 1.807) is 0 Å². The molecule has 3 heterocycles. The molecule has 0 radical (unpaired) electrons. The summed E-state index contributed by atoms with van der Waals surface area (Å²) < 4.78 is 0. The van der Waals surface area contributed by atoms with Crippen molar-refractivity contribution < 1.29 is 0 Å². The van der Waals surface area contributed by atoms with E-state index in [9.17, 15) is 0 Å². The summed E-state index contributed by atoms with van der Waals surface area (Å²) in [5.41, 5.74) is 4.40. The predicted octanol–water partition coefficient (Wildman–Crippen LogP) is 1.43. The third kappa shape index (κ3) is 2.62. The highest BCUT2D eigenvalue weighted by atomic mass is 15.4. The molecule has 1 aromatic rings. The Labute approximate surface area is 123 Å². The van der Waals surface area contributed by atoms with Crippen molar-refractivity contribution in [2.45, 2.75) is 32.4 Å². The van der Waals surface area contributed by atoms with Gasteiger partial charge in [-0.15, -0.1) is 0 Å². The fraction of sp³-hybridized carbons (Fsp3) is 0.647. The lowest BCUT2D eigenvalue weighted by molar-refractivity contribution is -0.00205.